The highest BCUT2D eigenvalue weighted by atomic mass is 32.2. The molecule has 0 atom stereocenters. The molecule has 0 fully saturated rings. The summed E-state index contributed by atoms with van der Waals surface area (Å²) in [5.74, 6) is -0.804. The third kappa shape index (κ3) is 5.67. The molecule has 0 radical (unpaired) electrons. The molecule has 1 aromatic heterocycles. The first-order valence-electron chi connectivity index (χ1n) is 8.25. The number of carbonyl (C=O) groups excluding carboxylic acids is 2. The lowest BCUT2D eigenvalue weighted by Gasteiger charge is -2.20. The van der Waals surface area contributed by atoms with Gasteiger partial charge in [-0.05, 0) is 37.4 Å². The highest BCUT2D eigenvalue weighted by Gasteiger charge is 2.19. The molecule has 1 N–H and O–H groups in total. The molecule has 2 aromatic rings. The van der Waals surface area contributed by atoms with Gasteiger partial charge in [-0.25, -0.2) is 17.9 Å². The molecule has 2 rings (SSSR count). The second kappa shape index (κ2) is 9.68. The lowest BCUT2D eigenvalue weighted by molar-refractivity contribution is -0.135. The average Bonchev–Trinajstić information content (AvgIpc) is 3.22. The van der Waals surface area contributed by atoms with Crippen molar-refractivity contribution >= 4 is 21.9 Å². The van der Waals surface area contributed by atoms with E-state index in [9.17, 15) is 18.0 Å². The predicted octanol–water partition coefficient (Wildman–Crippen LogP) is 1.29. The van der Waals surface area contributed by atoms with E-state index in [0.717, 1.165) is 6.07 Å². The fourth-order valence-electron chi connectivity index (χ4n) is 2.28. The Hall–Kier alpha value is -3.16. The van der Waals surface area contributed by atoms with Crippen LogP contribution in [0.5, 0.6) is 0 Å². The van der Waals surface area contributed by atoms with Crippen molar-refractivity contribution in [3.8, 4) is 6.07 Å². The maximum Gasteiger partial charge on any atom is 0.338 e. The first kappa shape index (κ1) is 21.1. The molecular weight excluding hydrogens is 386 g/mol. The number of nitrogens with one attached hydrogen (secondary N) is 1. The highest BCUT2D eigenvalue weighted by molar-refractivity contribution is 7.89. The topological polar surface area (TPSA) is 130 Å². The fraction of sp³-hybridized carbons (Fsp3) is 0.278. The summed E-state index contributed by atoms with van der Waals surface area (Å²) in [5, 5.41) is 8.75. The van der Waals surface area contributed by atoms with E-state index in [4.69, 9.17) is 14.4 Å². The Kier molecular flexibility index (Phi) is 7.31. The molecule has 0 saturated carbocycles. The van der Waals surface area contributed by atoms with Crippen molar-refractivity contribution in [3.63, 3.8) is 0 Å². The van der Waals surface area contributed by atoms with Gasteiger partial charge in [0, 0.05) is 6.54 Å². The number of carbonyl (C=O) groups is 2. The van der Waals surface area contributed by atoms with Crippen molar-refractivity contribution in [2.75, 3.05) is 20.2 Å². The summed E-state index contributed by atoms with van der Waals surface area (Å²) >= 11 is 0. The number of sulfonamides is 1. The highest BCUT2D eigenvalue weighted by Crippen LogP contribution is 2.12. The summed E-state index contributed by atoms with van der Waals surface area (Å²) in [6, 6.07) is 10.6. The second-order valence-corrected chi connectivity index (χ2v) is 7.50. The summed E-state index contributed by atoms with van der Waals surface area (Å²) in [6.45, 7) is -0.252. The third-order valence-corrected chi connectivity index (χ3v) is 5.16. The summed E-state index contributed by atoms with van der Waals surface area (Å²) < 4.78 is 36.0. The molecule has 148 valence electrons. The third-order valence-electron chi connectivity index (χ3n) is 3.75. The quantitative estimate of drug-likeness (QED) is 0.622. The molecule has 28 heavy (non-hydrogen) atoms. The zero-order valence-corrected chi connectivity index (χ0v) is 15.9. The fourth-order valence-corrected chi connectivity index (χ4v) is 3.05. The molecule has 10 heteroatoms. The van der Waals surface area contributed by atoms with Crippen LogP contribution in [-0.2, 0) is 26.1 Å². The van der Waals surface area contributed by atoms with Crippen LogP contribution in [-0.4, -0.2) is 45.4 Å². The van der Waals surface area contributed by atoms with E-state index in [1.54, 1.807) is 12.1 Å². The Morgan fingerprint density at radius 1 is 1.29 bits per heavy atom. The molecular formula is C18H19N3O6S. The number of nitriles is 1. The minimum atomic E-state index is -3.71. The van der Waals surface area contributed by atoms with Crippen molar-refractivity contribution in [1.82, 2.24) is 9.62 Å². The summed E-state index contributed by atoms with van der Waals surface area (Å²) in [4.78, 5) is 25.8. The average molecular weight is 405 g/mol. The molecule has 0 aliphatic rings. The lowest BCUT2D eigenvalue weighted by Crippen LogP contribution is -2.35. The molecule has 0 aliphatic carbocycles. The van der Waals surface area contributed by atoms with Crippen molar-refractivity contribution in [3.05, 3.63) is 54.0 Å². The standard InChI is InChI=1S/C18H19N3O6S/c1-20-28(24,25)16-7-2-5-14(11-16)18(23)27-13-17(22)21(9-4-8-19)12-15-6-3-10-26-15/h2-3,5-7,10-11,20H,4,9,12-13H2,1H3. The van der Waals surface area contributed by atoms with E-state index in [-0.39, 0.29) is 30.0 Å². The minimum absolute atomic E-state index is 0.00117. The predicted molar refractivity (Wildman–Crippen MR) is 97.3 cm³/mol. The Bertz CT molecular complexity index is 963. The molecule has 9 nitrogen and oxygen atoms in total. The van der Waals surface area contributed by atoms with E-state index in [2.05, 4.69) is 4.72 Å². The van der Waals surface area contributed by atoms with Crippen LogP contribution in [0.4, 0.5) is 0 Å². The smallest absolute Gasteiger partial charge is 0.338 e. The number of benzene rings is 1. The normalized spacial score (nSPS) is 10.9. The largest absolute Gasteiger partial charge is 0.467 e. The zero-order valence-electron chi connectivity index (χ0n) is 15.1. The Balaban J connectivity index is 2.02. The molecule has 1 heterocycles. The number of amides is 1. The summed E-state index contributed by atoms with van der Waals surface area (Å²) in [5.41, 5.74) is -0.00117. The van der Waals surface area contributed by atoms with Gasteiger partial charge in [0.1, 0.15) is 5.76 Å². The number of nitrogens with zero attached hydrogens (tertiary/aromatic N) is 2. The van der Waals surface area contributed by atoms with E-state index in [1.165, 1.54) is 36.4 Å². The van der Waals surface area contributed by atoms with Crippen LogP contribution in [0.15, 0.2) is 52.0 Å². The van der Waals surface area contributed by atoms with Gasteiger partial charge >= 0.3 is 5.97 Å². The van der Waals surface area contributed by atoms with Gasteiger partial charge in [0.25, 0.3) is 5.91 Å². The number of rotatable bonds is 9. The molecule has 0 aliphatic heterocycles. The van der Waals surface area contributed by atoms with Gasteiger partial charge in [0.2, 0.25) is 10.0 Å². The SMILES string of the molecule is CNS(=O)(=O)c1cccc(C(=O)OCC(=O)N(CCC#N)Cc2ccco2)c1. The van der Waals surface area contributed by atoms with Gasteiger partial charge in [-0.15, -0.1) is 0 Å². The Morgan fingerprint density at radius 3 is 2.71 bits per heavy atom. The first-order valence-corrected chi connectivity index (χ1v) is 9.73. The number of furan rings is 1. The van der Waals surface area contributed by atoms with Crippen LogP contribution < -0.4 is 4.72 Å². The molecule has 0 saturated heterocycles. The van der Waals surface area contributed by atoms with Gasteiger partial charge in [0.15, 0.2) is 6.61 Å². The van der Waals surface area contributed by atoms with Crippen LogP contribution in [0, 0.1) is 11.3 Å². The monoisotopic (exact) mass is 405 g/mol. The van der Waals surface area contributed by atoms with E-state index >= 15 is 0 Å². The zero-order chi connectivity index (χ0) is 20.6. The van der Waals surface area contributed by atoms with Crippen molar-refractivity contribution in [2.45, 2.75) is 17.9 Å². The van der Waals surface area contributed by atoms with E-state index < -0.39 is 28.5 Å². The molecule has 0 bridgehead atoms. The number of hydrogen-bond donors (Lipinski definition) is 1. The van der Waals surface area contributed by atoms with Crippen LogP contribution in [0.2, 0.25) is 0 Å². The number of ether oxygens (including phenoxy) is 1. The maximum absolute atomic E-state index is 12.4. The Labute approximate surface area is 162 Å². The van der Waals surface area contributed by atoms with Crippen LogP contribution in [0.3, 0.4) is 0 Å². The van der Waals surface area contributed by atoms with Crippen LogP contribution >= 0.6 is 0 Å². The minimum Gasteiger partial charge on any atom is -0.467 e. The van der Waals surface area contributed by atoms with Gasteiger partial charge < -0.3 is 14.1 Å². The maximum atomic E-state index is 12.4. The van der Waals surface area contributed by atoms with Crippen molar-refractivity contribution in [2.24, 2.45) is 0 Å². The number of hydrogen-bond acceptors (Lipinski definition) is 7. The summed E-state index contributed by atoms with van der Waals surface area (Å²) in [6.07, 6.45) is 1.58. The van der Waals surface area contributed by atoms with Crippen LogP contribution in [0.25, 0.3) is 0 Å². The van der Waals surface area contributed by atoms with Gasteiger partial charge in [0.05, 0.1) is 35.8 Å². The van der Waals surface area contributed by atoms with E-state index in [0.29, 0.717) is 5.76 Å². The molecule has 1 amide bonds. The molecule has 1 aromatic carbocycles. The Morgan fingerprint density at radius 2 is 2.07 bits per heavy atom. The molecule has 0 unspecified atom stereocenters. The van der Waals surface area contributed by atoms with E-state index in [1.807, 2.05) is 6.07 Å². The first-order chi connectivity index (χ1) is 13.4. The van der Waals surface area contributed by atoms with Crippen molar-refractivity contribution < 1.29 is 27.2 Å². The summed E-state index contributed by atoms with van der Waals surface area (Å²) in [7, 11) is -2.45. The lowest BCUT2D eigenvalue weighted by atomic mass is 10.2. The number of esters is 1. The van der Waals surface area contributed by atoms with Crippen molar-refractivity contribution in [1.29, 1.82) is 5.26 Å². The van der Waals surface area contributed by atoms with Gasteiger partial charge in [-0.2, -0.15) is 5.26 Å². The molecule has 0 spiro atoms. The second-order valence-electron chi connectivity index (χ2n) is 5.61. The van der Waals surface area contributed by atoms with Gasteiger partial charge in [-0.3, -0.25) is 4.79 Å². The van der Waals surface area contributed by atoms with Crippen LogP contribution in [0.1, 0.15) is 22.5 Å². The van der Waals surface area contributed by atoms with Gasteiger partial charge in [-0.1, -0.05) is 6.07 Å².